The number of aromatic nitrogens is 2. The molecule has 8 nitrogen and oxygen atoms in total. The number of hydrogen-bond donors (Lipinski definition) is 3. The third-order valence-electron chi connectivity index (χ3n) is 4.88. The summed E-state index contributed by atoms with van der Waals surface area (Å²) in [7, 11) is 1.52. The second kappa shape index (κ2) is 10.1. The summed E-state index contributed by atoms with van der Waals surface area (Å²) < 4.78 is 5.40. The highest BCUT2D eigenvalue weighted by Gasteiger charge is 2.12. The Morgan fingerprint density at radius 2 is 1.74 bits per heavy atom. The quantitative estimate of drug-likeness (QED) is 0.370. The molecule has 2 aromatic heterocycles. The molecule has 0 aliphatic heterocycles. The monoisotopic (exact) mass is 451 g/mol. The molecule has 2 aromatic carbocycles. The van der Waals surface area contributed by atoms with E-state index in [1.165, 1.54) is 7.11 Å². The van der Waals surface area contributed by atoms with E-state index in [4.69, 9.17) is 4.74 Å². The van der Waals surface area contributed by atoms with Gasteiger partial charge in [0.05, 0.1) is 18.3 Å². The van der Waals surface area contributed by atoms with Crippen LogP contribution in [0.15, 0.2) is 73.1 Å². The Labute approximate surface area is 196 Å². The first-order valence-corrected chi connectivity index (χ1v) is 10.4. The second-order valence-electron chi connectivity index (χ2n) is 7.13. The lowest BCUT2D eigenvalue weighted by atomic mass is 10.1. The van der Waals surface area contributed by atoms with Gasteiger partial charge in [-0.05, 0) is 61.4 Å². The van der Waals surface area contributed by atoms with Crippen molar-refractivity contribution in [3.8, 4) is 17.6 Å². The third kappa shape index (κ3) is 5.11. The molecule has 8 heteroatoms. The number of methoxy groups -OCH3 is 1. The number of amides is 2. The maximum absolute atomic E-state index is 12.5. The molecule has 4 rings (SSSR count). The molecule has 2 heterocycles. The zero-order valence-electron chi connectivity index (χ0n) is 18.5. The van der Waals surface area contributed by atoms with Crippen molar-refractivity contribution in [2.75, 3.05) is 23.1 Å². The topological polar surface area (TPSA) is 105 Å². The number of anilines is 4. The van der Waals surface area contributed by atoms with Gasteiger partial charge in [0, 0.05) is 40.8 Å². The molecule has 0 saturated heterocycles. The van der Waals surface area contributed by atoms with Gasteiger partial charge in [0.1, 0.15) is 11.6 Å². The largest absolute Gasteiger partial charge is 0.494 e. The van der Waals surface area contributed by atoms with Crippen molar-refractivity contribution < 1.29 is 14.3 Å². The summed E-state index contributed by atoms with van der Waals surface area (Å²) in [6, 6.07) is 17.7. The van der Waals surface area contributed by atoms with Crippen LogP contribution in [-0.4, -0.2) is 28.9 Å². The fourth-order valence-corrected chi connectivity index (χ4v) is 3.30. The van der Waals surface area contributed by atoms with Crippen LogP contribution in [0.25, 0.3) is 10.9 Å². The second-order valence-corrected chi connectivity index (χ2v) is 7.13. The van der Waals surface area contributed by atoms with Crippen LogP contribution >= 0.6 is 0 Å². The molecule has 0 bridgehead atoms. The van der Waals surface area contributed by atoms with Gasteiger partial charge < -0.3 is 20.7 Å². The molecule has 0 unspecified atom stereocenters. The average Bonchev–Trinajstić information content (AvgIpc) is 2.85. The zero-order chi connectivity index (χ0) is 23.9. The van der Waals surface area contributed by atoms with E-state index in [-0.39, 0.29) is 5.91 Å². The van der Waals surface area contributed by atoms with Gasteiger partial charge in [-0.3, -0.25) is 14.6 Å². The van der Waals surface area contributed by atoms with E-state index in [1.807, 2.05) is 18.2 Å². The molecule has 0 fully saturated rings. The van der Waals surface area contributed by atoms with Gasteiger partial charge in [0.15, 0.2) is 0 Å². The van der Waals surface area contributed by atoms with Gasteiger partial charge in [0.2, 0.25) is 0 Å². The number of nitrogens with one attached hydrogen (secondary N) is 3. The molecule has 0 spiro atoms. The Hall–Kier alpha value is -4.90. The van der Waals surface area contributed by atoms with Gasteiger partial charge in [-0.2, -0.15) is 0 Å². The lowest BCUT2D eigenvalue weighted by molar-refractivity contribution is -0.111. The van der Waals surface area contributed by atoms with E-state index < -0.39 is 5.91 Å². The lowest BCUT2D eigenvalue weighted by Crippen LogP contribution is -2.12. The van der Waals surface area contributed by atoms with Crippen LogP contribution < -0.4 is 20.7 Å². The Bertz CT molecular complexity index is 1410. The van der Waals surface area contributed by atoms with Crippen LogP contribution in [-0.2, 0) is 4.79 Å². The van der Waals surface area contributed by atoms with Gasteiger partial charge in [-0.25, -0.2) is 4.98 Å². The summed E-state index contributed by atoms with van der Waals surface area (Å²) in [6.45, 7) is 1.59. The third-order valence-corrected chi connectivity index (χ3v) is 4.88. The standard InChI is InChI=1S/C26H21N5O3/c1-3-6-25(32)30-22-15-19-20(12-14-27-21(19)16-23(22)34-2)29-18-10-8-17(9-11-18)26(33)31-24-7-4-5-13-28-24/h4-5,7-16H,1-2H3,(H,27,29)(H,30,32)(H,28,31,33). The SMILES string of the molecule is CC#CC(=O)Nc1cc2c(Nc3ccc(C(=O)Nc4ccccn4)cc3)ccnc2cc1OC. The number of hydrogen-bond acceptors (Lipinski definition) is 6. The van der Waals surface area contributed by atoms with E-state index >= 15 is 0 Å². The van der Waals surface area contributed by atoms with E-state index in [9.17, 15) is 9.59 Å². The zero-order valence-corrected chi connectivity index (χ0v) is 18.5. The number of carbonyl (C=O) groups excluding carboxylic acids is 2. The molecule has 0 aliphatic carbocycles. The van der Waals surface area contributed by atoms with Gasteiger partial charge in [-0.1, -0.05) is 12.0 Å². The van der Waals surface area contributed by atoms with Crippen molar-refractivity contribution in [2.24, 2.45) is 0 Å². The summed E-state index contributed by atoms with van der Waals surface area (Å²) in [5.41, 5.74) is 3.23. The number of rotatable bonds is 6. The minimum atomic E-state index is -0.432. The molecule has 2 amide bonds. The molecule has 3 N–H and O–H groups in total. The highest BCUT2D eigenvalue weighted by Crippen LogP contribution is 2.34. The molecule has 0 saturated carbocycles. The maximum Gasteiger partial charge on any atom is 0.300 e. The van der Waals surface area contributed by atoms with Crippen LogP contribution in [0.1, 0.15) is 17.3 Å². The summed E-state index contributed by atoms with van der Waals surface area (Å²) in [5.74, 6) is 5.31. The van der Waals surface area contributed by atoms with Crippen LogP contribution in [0.4, 0.5) is 22.9 Å². The summed E-state index contributed by atoms with van der Waals surface area (Å²) in [5, 5.41) is 9.62. The Kier molecular flexibility index (Phi) is 6.65. The Morgan fingerprint density at radius 3 is 2.44 bits per heavy atom. The molecule has 0 aliphatic rings. The average molecular weight is 451 g/mol. The molecule has 168 valence electrons. The normalized spacial score (nSPS) is 10.1. The molecule has 34 heavy (non-hydrogen) atoms. The molecule has 0 atom stereocenters. The first-order valence-electron chi connectivity index (χ1n) is 10.4. The minimum Gasteiger partial charge on any atom is -0.494 e. The highest BCUT2D eigenvalue weighted by molar-refractivity contribution is 6.07. The van der Waals surface area contributed by atoms with Crippen molar-refractivity contribution in [2.45, 2.75) is 6.92 Å². The number of nitrogens with zero attached hydrogens (tertiary/aromatic N) is 2. The van der Waals surface area contributed by atoms with Crippen LogP contribution in [0.5, 0.6) is 5.75 Å². The van der Waals surface area contributed by atoms with E-state index in [0.717, 1.165) is 16.8 Å². The van der Waals surface area contributed by atoms with Gasteiger partial charge in [-0.15, -0.1) is 0 Å². The number of fused-ring (bicyclic) bond motifs is 1. The van der Waals surface area contributed by atoms with Gasteiger partial charge >= 0.3 is 0 Å². The van der Waals surface area contributed by atoms with Crippen molar-refractivity contribution >= 4 is 45.6 Å². The van der Waals surface area contributed by atoms with Crippen LogP contribution in [0, 0.1) is 11.8 Å². The number of benzene rings is 2. The molecular weight excluding hydrogens is 430 g/mol. The highest BCUT2D eigenvalue weighted by atomic mass is 16.5. The first-order chi connectivity index (χ1) is 16.6. The Balaban J connectivity index is 1.58. The van der Waals surface area contributed by atoms with Crippen molar-refractivity contribution in [1.82, 2.24) is 9.97 Å². The molecular formula is C26H21N5O3. The van der Waals surface area contributed by atoms with Crippen molar-refractivity contribution in [3.63, 3.8) is 0 Å². The maximum atomic E-state index is 12.5. The molecule has 4 aromatic rings. The predicted octanol–water partition coefficient (Wildman–Crippen LogP) is 4.60. The summed E-state index contributed by atoms with van der Waals surface area (Å²) in [4.78, 5) is 32.9. The number of ether oxygens (including phenoxy) is 1. The van der Waals surface area contributed by atoms with Crippen molar-refractivity contribution in [1.29, 1.82) is 0 Å². The predicted molar refractivity (Wildman–Crippen MR) is 132 cm³/mol. The fourth-order valence-electron chi connectivity index (χ4n) is 3.30. The van der Waals surface area contributed by atoms with Crippen LogP contribution in [0.2, 0.25) is 0 Å². The Morgan fingerprint density at radius 1 is 0.912 bits per heavy atom. The summed E-state index contributed by atoms with van der Waals surface area (Å²) >= 11 is 0. The van der Waals surface area contributed by atoms with E-state index in [0.29, 0.717) is 28.3 Å². The smallest absolute Gasteiger partial charge is 0.300 e. The number of carbonyl (C=O) groups is 2. The van der Waals surface area contributed by atoms with Gasteiger partial charge in [0.25, 0.3) is 11.8 Å². The van der Waals surface area contributed by atoms with E-state index in [2.05, 4.69) is 37.8 Å². The fraction of sp³-hybridized carbons (Fsp3) is 0.0769. The van der Waals surface area contributed by atoms with E-state index in [1.54, 1.807) is 61.8 Å². The molecule has 0 radical (unpaired) electrons. The summed E-state index contributed by atoms with van der Waals surface area (Å²) in [6.07, 6.45) is 3.30. The lowest BCUT2D eigenvalue weighted by Gasteiger charge is -2.14. The first kappa shape index (κ1) is 22.3. The van der Waals surface area contributed by atoms with Crippen LogP contribution in [0.3, 0.4) is 0 Å². The van der Waals surface area contributed by atoms with Crippen molar-refractivity contribution in [3.05, 3.63) is 78.6 Å². The number of pyridine rings is 2. The minimum absolute atomic E-state index is 0.248.